The molecule has 0 aliphatic heterocycles. The highest BCUT2D eigenvalue weighted by molar-refractivity contribution is 7.89. The van der Waals surface area contributed by atoms with Crippen molar-refractivity contribution in [3.05, 3.63) is 0 Å². The van der Waals surface area contributed by atoms with E-state index in [1.807, 2.05) is 0 Å². The minimum absolute atomic E-state index is 0.118. The van der Waals surface area contributed by atoms with Gasteiger partial charge in [0, 0.05) is 0 Å². The largest absolute Gasteiger partial charge is 0.469 e. The second kappa shape index (κ2) is 3.63. The second-order valence-electron chi connectivity index (χ2n) is 3.30. The first-order chi connectivity index (χ1) is 5.94. The van der Waals surface area contributed by atoms with Crippen molar-refractivity contribution in [1.82, 2.24) is 0 Å². The number of primary sulfonamides is 1. The smallest absolute Gasteiger partial charge is 0.308 e. The van der Waals surface area contributed by atoms with Crippen LogP contribution in [0.1, 0.15) is 12.8 Å². The molecule has 1 saturated carbocycles. The number of carbonyl (C=O) groups excluding carboxylic acids is 1. The molecular formula is C7H13NO4S. The van der Waals surface area contributed by atoms with Crippen LogP contribution in [0.3, 0.4) is 0 Å². The van der Waals surface area contributed by atoms with Crippen molar-refractivity contribution < 1.29 is 17.9 Å². The monoisotopic (exact) mass is 207 g/mol. The molecular weight excluding hydrogens is 194 g/mol. The molecule has 2 N–H and O–H groups in total. The molecule has 6 heteroatoms. The first-order valence-electron chi connectivity index (χ1n) is 4.02. The Morgan fingerprint density at radius 1 is 1.54 bits per heavy atom. The van der Waals surface area contributed by atoms with Crippen LogP contribution < -0.4 is 5.14 Å². The number of methoxy groups -OCH3 is 1. The van der Waals surface area contributed by atoms with Crippen LogP contribution in [0.2, 0.25) is 0 Å². The van der Waals surface area contributed by atoms with Crippen molar-refractivity contribution in [2.45, 2.75) is 12.8 Å². The maximum Gasteiger partial charge on any atom is 0.308 e. The third-order valence-corrected chi connectivity index (χ3v) is 3.26. The van der Waals surface area contributed by atoms with Crippen LogP contribution in [0.4, 0.5) is 0 Å². The van der Waals surface area contributed by atoms with Gasteiger partial charge < -0.3 is 4.74 Å². The van der Waals surface area contributed by atoms with Crippen LogP contribution in [0.15, 0.2) is 0 Å². The Bertz CT molecular complexity index is 298. The fraction of sp³-hybridized carbons (Fsp3) is 0.857. The summed E-state index contributed by atoms with van der Waals surface area (Å²) in [7, 11) is -2.17. The van der Waals surface area contributed by atoms with Gasteiger partial charge in [-0.2, -0.15) is 0 Å². The molecule has 0 bridgehead atoms. The molecule has 1 rings (SSSR count). The maximum absolute atomic E-state index is 11.0. The molecule has 0 amide bonds. The number of sulfonamides is 1. The van der Waals surface area contributed by atoms with Gasteiger partial charge in [-0.15, -0.1) is 0 Å². The van der Waals surface area contributed by atoms with Gasteiger partial charge in [-0.05, 0) is 18.8 Å². The van der Waals surface area contributed by atoms with Crippen LogP contribution in [-0.2, 0) is 19.6 Å². The molecule has 0 radical (unpaired) electrons. The Hall–Kier alpha value is -0.620. The number of ether oxygens (including phenoxy) is 1. The Labute approximate surface area is 77.3 Å². The van der Waals surface area contributed by atoms with E-state index < -0.39 is 10.0 Å². The molecule has 0 unspecified atom stereocenters. The summed E-state index contributed by atoms with van der Waals surface area (Å²) < 4.78 is 26.0. The van der Waals surface area contributed by atoms with E-state index in [9.17, 15) is 13.2 Å². The van der Waals surface area contributed by atoms with E-state index in [-0.39, 0.29) is 23.6 Å². The molecule has 1 fully saturated rings. The van der Waals surface area contributed by atoms with Gasteiger partial charge in [0.15, 0.2) is 0 Å². The Morgan fingerprint density at radius 2 is 2.15 bits per heavy atom. The van der Waals surface area contributed by atoms with E-state index in [1.54, 1.807) is 0 Å². The Kier molecular flexibility index (Phi) is 2.92. The summed E-state index contributed by atoms with van der Waals surface area (Å²) in [6.07, 6.45) is 1.43. The normalized spacial score (nSPS) is 27.8. The zero-order chi connectivity index (χ0) is 10.1. The molecule has 1 aliphatic rings. The molecule has 0 saturated heterocycles. The number of nitrogens with two attached hydrogens (primary N) is 1. The number of rotatable bonds is 3. The number of carbonyl (C=O) groups is 1. The van der Waals surface area contributed by atoms with Gasteiger partial charge in [-0.1, -0.05) is 0 Å². The van der Waals surface area contributed by atoms with Gasteiger partial charge in [0.25, 0.3) is 0 Å². The van der Waals surface area contributed by atoms with Gasteiger partial charge in [-0.25, -0.2) is 13.6 Å². The number of hydrogen-bond acceptors (Lipinski definition) is 4. The summed E-state index contributed by atoms with van der Waals surface area (Å²) in [5, 5.41) is 4.87. The van der Waals surface area contributed by atoms with Crippen LogP contribution in [-0.4, -0.2) is 27.2 Å². The molecule has 0 heterocycles. The Morgan fingerprint density at radius 3 is 2.46 bits per heavy atom. The average molecular weight is 207 g/mol. The highest BCUT2D eigenvalue weighted by Crippen LogP contribution is 2.35. The van der Waals surface area contributed by atoms with Gasteiger partial charge in [0.2, 0.25) is 10.0 Å². The van der Waals surface area contributed by atoms with Crippen molar-refractivity contribution in [3.8, 4) is 0 Å². The summed E-state index contributed by atoms with van der Waals surface area (Å²) >= 11 is 0. The molecule has 2 atom stereocenters. The van der Waals surface area contributed by atoms with E-state index in [2.05, 4.69) is 4.74 Å². The van der Waals surface area contributed by atoms with Gasteiger partial charge >= 0.3 is 5.97 Å². The van der Waals surface area contributed by atoms with Crippen molar-refractivity contribution in [1.29, 1.82) is 0 Å². The van der Waals surface area contributed by atoms with Crippen LogP contribution >= 0.6 is 0 Å². The molecule has 13 heavy (non-hydrogen) atoms. The third kappa shape index (κ3) is 2.67. The SMILES string of the molecule is COC(=O)[C@@H]1CC[C@@H]1CS(N)(=O)=O. The molecule has 0 aromatic rings. The second-order valence-corrected chi connectivity index (χ2v) is 4.96. The molecule has 76 valence electrons. The summed E-state index contributed by atoms with van der Waals surface area (Å²) in [6, 6.07) is 0. The fourth-order valence-corrected chi connectivity index (χ4v) is 2.52. The molecule has 1 aliphatic carbocycles. The van der Waals surface area contributed by atoms with Crippen molar-refractivity contribution in [3.63, 3.8) is 0 Å². The molecule has 0 spiro atoms. The topological polar surface area (TPSA) is 86.5 Å². The van der Waals surface area contributed by atoms with Crippen molar-refractivity contribution in [2.24, 2.45) is 17.0 Å². The molecule has 5 nitrogen and oxygen atoms in total. The minimum Gasteiger partial charge on any atom is -0.469 e. The first kappa shape index (κ1) is 10.5. The summed E-state index contributed by atoms with van der Waals surface area (Å²) in [5.74, 6) is -0.877. The predicted octanol–water partition coefficient (Wildman–Crippen LogP) is -0.526. The maximum atomic E-state index is 11.0. The van der Waals surface area contributed by atoms with Crippen LogP contribution in [0.25, 0.3) is 0 Å². The minimum atomic E-state index is -3.47. The van der Waals surface area contributed by atoms with Crippen LogP contribution in [0, 0.1) is 11.8 Å². The highest BCUT2D eigenvalue weighted by Gasteiger charge is 2.39. The van der Waals surface area contributed by atoms with E-state index in [1.165, 1.54) is 7.11 Å². The Balaban J connectivity index is 2.51. The van der Waals surface area contributed by atoms with Crippen LogP contribution in [0.5, 0.6) is 0 Å². The first-order valence-corrected chi connectivity index (χ1v) is 5.74. The molecule has 0 aromatic carbocycles. The third-order valence-electron chi connectivity index (χ3n) is 2.37. The lowest BCUT2D eigenvalue weighted by molar-refractivity contribution is -0.150. The standard InChI is InChI=1S/C7H13NO4S/c1-12-7(9)6-3-2-5(6)4-13(8,10)11/h5-6H,2-4H2,1H3,(H2,8,10,11)/t5-,6-/m1/s1. The molecule has 0 aromatic heterocycles. The van der Waals surface area contributed by atoms with Crippen molar-refractivity contribution in [2.75, 3.05) is 12.9 Å². The van der Waals surface area contributed by atoms with Gasteiger partial charge in [-0.3, -0.25) is 4.79 Å². The lowest BCUT2D eigenvalue weighted by Gasteiger charge is -2.33. The van der Waals surface area contributed by atoms with E-state index >= 15 is 0 Å². The van der Waals surface area contributed by atoms with Crippen molar-refractivity contribution >= 4 is 16.0 Å². The van der Waals surface area contributed by atoms with E-state index in [0.717, 1.165) is 6.42 Å². The number of esters is 1. The number of hydrogen-bond donors (Lipinski definition) is 1. The quantitative estimate of drug-likeness (QED) is 0.630. The van der Waals surface area contributed by atoms with E-state index in [0.29, 0.717) is 6.42 Å². The van der Waals surface area contributed by atoms with Gasteiger partial charge in [0.05, 0.1) is 18.8 Å². The van der Waals surface area contributed by atoms with Gasteiger partial charge in [0.1, 0.15) is 0 Å². The lowest BCUT2D eigenvalue weighted by atomic mass is 9.75. The summed E-state index contributed by atoms with van der Waals surface area (Å²) in [4.78, 5) is 11.0. The summed E-state index contributed by atoms with van der Waals surface area (Å²) in [5.41, 5.74) is 0. The zero-order valence-electron chi connectivity index (χ0n) is 7.39. The fourth-order valence-electron chi connectivity index (χ4n) is 1.53. The summed E-state index contributed by atoms with van der Waals surface area (Å²) in [6.45, 7) is 0. The van der Waals surface area contributed by atoms with E-state index in [4.69, 9.17) is 5.14 Å². The lowest BCUT2D eigenvalue weighted by Crippen LogP contribution is -2.39. The highest BCUT2D eigenvalue weighted by atomic mass is 32.2. The zero-order valence-corrected chi connectivity index (χ0v) is 8.21. The average Bonchev–Trinajstić information content (AvgIpc) is 1.96. The predicted molar refractivity (Wildman–Crippen MR) is 46.2 cm³/mol.